The molecule has 16 heavy (non-hydrogen) atoms. The zero-order chi connectivity index (χ0) is 11.4. The molecule has 0 unspecified atom stereocenters. The van der Waals surface area contributed by atoms with Gasteiger partial charge in [0.2, 0.25) is 0 Å². The van der Waals surface area contributed by atoms with Crippen LogP contribution in [-0.2, 0) is 0 Å². The monoisotopic (exact) mass is 227 g/mol. The molecule has 0 saturated heterocycles. The van der Waals surface area contributed by atoms with Gasteiger partial charge in [-0.15, -0.1) is 0 Å². The summed E-state index contributed by atoms with van der Waals surface area (Å²) in [7, 11) is 0. The first-order valence-electron chi connectivity index (χ1n) is 6.79. The molecule has 0 atom stereocenters. The van der Waals surface area contributed by atoms with Crippen LogP contribution in [-0.4, -0.2) is 35.0 Å². The van der Waals surface area contributed by atoms with Gasteiger partial charge in [-0.25, -0.2) is 0 Å². The van der Waals surface area contributed by atoms with E-state index in [0.29, 0.717) is 5.92 Å². The van der Waals surface area contributed by atoms with Crippen LogP contribution in [0.25, 0.3) is 0 Å². The summed E-state index contributed by atoms with van der Waals surface area (Å²) < 4.78 is 0. The average Bonchev–Trinajstić information content (AvgIpc) is 2.69. The van der Waals surface area contributed by atoms with Crippen LogP contribution in [0.1, 0.15) is 51.4 Å². The van der Waals surface area contributed by atoms with Gasteiger partial charge in [-0.1, -0.05) is 12.8 Å². The second-order valence-electron chi connectivity index (χ2n) is 5.74. The van der Waals surface area contributed by atoms with Gasteiger partial charge in [0, 0.05) is 6.54 Å². The first-order chi connectivity index (χ1) is 7.68. The predicted octanol–water partition coefficient (Wildman–Crippen LogP) is 1.43. The highest BCUT2D eigenvalue weighted by molar-refractivity contribution is 4.86. The van der Waals surface area contributed by atoms with Gasteiger partial charge in [-0.05, 0) is 51.0 Å². The predicted molar refractivity (Wildman–Crippen MR) is 64.3 cm³/mol. The summed E-state index contributed by atoms with van der Waals surface area (Å²) >= 11 is 0. The minimum atomic E-state index is -0.422. The maximum atomic E-state index is 10.2. The van der Waals surface area contributed by atoms with Gasteiger partial charge in [-0.3, -0.25) is 0 Å². The zero-order valence-corrected chi connectivity index (χ0v) is 10.1. The minimum absolute atomic E-state index is 0.0599. The third-order valence-corrected chi connectivity index (χ3v) is 4.24. The summed E-state index contributed by atoms with van der Waals surface area (Å²) in [6.07, 6.45) is 8.39. The highest BCUT2D eigenvalue weighted by atomic mass is 16.3. The van der Waals surface area contributed by atoms with Crippen LogP contribution in [0, 0.1) is 5.92 Å². The van der Waals surface area contributed by atoms with E-state index in [2.05, 4.69) is 5.32 Å². The standard InChI is InChI=1S/C13H25NO2/c15-12-5-3-11(4-6-12)9-14-10-13(16)7-1-2-8-13/h11-12,14-16H,1-10H2. The van der Waals surface area contributed by atoms with Crippen molar-refractivity contribution in [1.29, 1.82) is 0 Å². The van der Waals surface area contributed by atoms with Crippen molar-refractivity contribution in [2.24, 2.45) is 5.92 Å². The normalized spacial score (nSPS) is 34.1. The second kappa shape index (κ2) is 5.48. The van der Waals surface area contributed by atoms with E-state index in [1.807, 2.05) is 0 Å². The van der Waals surface area contributed by atoms with E-state index in [0.717, 1.165) is 51.6 Å². The molecule has 3 nitrogen and oxygen atoms in total. The number of aliphatic hydroxyl groups is 2. The molecule has 0 radical (unpaired) electrons. The zero-order valence-electron chi connectivity index (χ0n) is 10.1. The fourth-order valence-corrected chi connectivity index (χ4v) is 3.07. The van der Waals surface area contributed by atoms with Gasteiger partial charge in [0.15, 0.2) is 0 Å². The Morgan fingerprint density at radius 3 is 2.31 bits per heavy atom. The van der Waals surface area contributed by atoms with Gasteiger partial charge < -0.3 is 15.5 Å². The van der Waals surface area contributed by atoms with Crippen LogP contribution < -0.4 is 5.32 Å². The third kappa shape index (κ3) is 3.44. The Hall–Kier alpha value is -0.120. The van der Waals surface area contributed by atoms with Crippen molar-refractivity contribution < 1.29 is 10.2 Å². The Labute approximate surface area is 98.2 Å². The summed E-state index contributed by atoms with van der Waals surface area (Å²) in [5.41, 5.74) is -0.422. The van der Waals surface area contributed by atoms with Crippen molar-refractivity contribution in [1.82, 2.24) is 5.32 Å². The Morgan fingerprint density at radius 1 is 1.06 bits per heavy atom. The topological polar surface area (TPSA) is 52.5 Å². The Bertz CT molecular complexity index is 206. The smallest absolute Gasteiger partial charge is 0.0771 e. The van der Waals surface area contributed by atoms with E-state index >= 15 is 0 Å². The molecule has 3 heteroatoms. The van der Waals surface area contributed by atoms with E-state index in [1.54, 1.807) is 0 Å². The first-order valence-corrected chi connectivity index (χ1v) is 6.79. The summed E-state index contributed by atoms with van der Waals surface area (Å²) in [6.45, 7) is 1.76. The Morgan fingerprint density at radius 2 is 1.69 bits per heavy atom. The maximum absolute atomic E-state index is 10.2. The lowest BCUT2D eigenvalue weighted by molar-refractivity contribution is 0.0449. The summed E-state index contributed by atoms with van der Waals surface area (Å²) in [6, 6.07) is 0. The number of hydrogen-bond donors (Lipinski definition) is 3. The van der Waals surface area contributed by atoms with Gasteiger partial charge in [0.05, 0.1) is 11.7 Å². The molecule has 0 amide bonds. The molecule has 0 spiro atoms. The van der Waals surface area contributed by atoms with E-state index < -0.39 is 5.60 Å². The largest absolute Gasteiger partial charge is 0.393 e. The molecular formula is C13H25NO2. The van der Waals surface area contributed by atoms with Crippen LogP contribution >= 0.6 is 0 Å². The molecule has 2 aliphatic carbocycles. The molecule has 2 aliphatic rings. The lowest BCUT2D eigenvalue weighted by Crippen LogP contribution is -2.40. The van der Waals surface area contributed by atoms with Crippen LogP contribution in [0.3, 0.4) is 0 Å². The summed E-state index contributed by atoms with van der Waals surface area (Å²) in [4.78, 5) is 0. The van der Waals surface area contributed by atoms with E-state index in [1.165, 1.54) is 12.8 Å². The quantitative estimate of drug-likeness (QED) is 0.681. The second-order valence-corrected chi connectivity index (χ2v) is 5.74. The molecule has 0 aromatic carbocycles. The van der Waals surface area contributed by atoms with Crippen molar-refractivity contribution in [3.63, 3.8) is 0 Å². The fraction of sp³-hybridized carbons (Fsp3) is 1.00. The average molecular weight is 227 g/mol. The molecule has 94 valence electrons. The van der Waals surface area contributed by atoms with Crippen LogP contribution in [0.5, 0.6) is 0 Å². The molecule has 0 aromatic heterocycles. The van der Waals surface area contributed by atoms with E-state index in [-0.39, 0.29) is 6.10 Å². The fourth-order valence-electron chi connectivity index (χ4n) is 3.07. The first kappa shape index (κ1) is 12.3. The Kier molecular flexibility index (Phi) is 4.22. The number of rotatable bonds is 4. The molecule has 0 aromatic rings. The minimum Gasteiger partial charge on any atom is -0.393 e. The van der Waals surface area contributed by atoms with Crippen molar-refractivity contribution in [3.8, 4) is 0 Å². The number of nitrogens with one attached hydrogen (secondary N) is 1. The van der Waals surface area contributed by atoms with Crippen LogP contribution in [0.15, 0.2) is 0 Å². The van der Waals surface area contributed by atoms with Crippen molar-refractivity contribution in [2.45, 2.75) is 63.1 Å². The van der Waals surface area contributed by atoms with E-state index in [9.17, 15) is 10.2 Å². The SMILES string of the molecule is OC1CCC(CNCC2(O)CCCC2)CC1. The Balaban J connectivity index is 1.61. The van der Waals surface area contributed by atoms with Gasteiger partial charge >= 0.3 is 0 Å². The summed E-state index contributed by atoms with van der Waals surface area (Å²) in [5, 5.41) is 23.0. The van der Waals surface area contributed by atoms with Gasteiger partial charge in [-0.2, -0.15) is 0 Å². The number of aliphatic hydroxyl groups excluding tert-OH is 1. The molecule has 3 N–H and O–H groups in total. The van der Waals surface area contributed by atoms with Crippen LogP contribution in [0.2, 0.25) is 0 Å². The lowest BCUT2D eigenvalue weighted by Gasteiger charge is -2.28. The molecule has 2 saturated carbocycles. The molecular weight excluding hydrogens is 202 g/mol. The lowest BCUT2D eigenvalue weighted by atomic mass is 9.87. The van der Waals surface area contributed by atoms with Crippen molar-refractivity contribution in [3.05, 3.63) is 0 Å². The molecule has 0 heterocycles. The number of hydrogen-bond acceptors (Lipinski definition) is 3. The van der Waals surface area contributed by atoms with Crippen LogP contribution in [0.4, 0.5) is 0 Å². The van der Waals surface area contributed by atoms with E-state index in [4.69, 9.17) is 0 Å². The summed E-state index contributed by atoms with van der Waals surface area (Å²) in [5.74, 6) is 0.702. The molecule has 0 aliphatic heterocycles. The maximum Gasteiger partial charge on any atom is 0.0771 e. The van der Waals surface area contributed by atoms with Gasteiger partial charge in [0.25, 0.3) is 0 Å². The highest BCUT2D eigenvalue weighted by Crippen LogP contribution is 2.29. The molecule has 2 rings (SSSR count). The third-order valence-electron chi connectivity index (χ3n) is 4.24. The van der Waals surface area contributed by atoms with Gasteiger partial charge in [0.1, 0.15) is 0 Å². The molecule has 0 bridgehead atoms. The van der Waals surface area contributed by atoms with Crippen molar-refractivity contribution in [2.75, 3.05) is 13.1 Å². The van der Waals surface area contributed by atoms with Crippen molar-refractivity contribution >= 4 is 0 Å². The highest BCUT2D eigenvalue weighted by Gasteiger charge is 2.30. The molecule has 2 fully saturated rings.